The number of halogens is 3. The molecule has 0 radical (unpaired) electrons. The number of benzene rings is 4. The second-order valence-corrected chi connectivity index (χ2v) is 24.5. The second kappa shape index (κ2) is 27.0. The first kappa shape index (κ1) is 61.6. The summed E-state index contributed by atoms with van der Waals surface area (Å²) >= 11 is 14.4. The van der Waals surface area contributed by atoms with Gasteiger partial charge in [0.2, 0.25) is 29.5 Å². The maximum Gasteiger partial charge on any atom is 0.246 e. The Kier molecular flexibility index (Phi) is 20.0. The lowest BCUT2D eigenvalue weighted by molar-refractivity contribution is -0.144. The molecule has 4 aliphatic rings. The molecule has 1 unspecified atom stereocenters. The van der Waals surface area contributed by atoms with Gasteiger partial charge < -0.3 is 50.6 Å². The molecule has 3 fully saturated rings. The molecule has 5 aromatic rings. The Balaban J connectivity index is 0.671. The van der Waals surface area contributed by atoms with Gasteiger partial charge in [-0.05, 0) is 83.3 Å². The van der Waals surface area contributed by atoms with Crippen molar-refractivity contribution in [3.8, 4) is 10.4 Å². The van der Waals surface area contributed by atoms with Gasteiger partial charge in [0.1, 0.15) is 29.5 Å². The van der Waals surface area contributed by atoms with Crippen molar-refractivity contribution >= 4 is 75.4 Å². The molecule has 2 spiro atoms. The number of fused-ring (bicyclic) bond motifs is 3. The van der Waals surface area contributed by atoms with Crippen LogP contribution in [0.4, 0.5) is 15.8 Å². The molecular formula is C61H73Cl2FN8O10S. The van der Waals surface area contributed by atoms with Crippen molar-refractivity contribution in [2.45, 2.75) is 127 Å². The summed E-state index contributed by atoms with van der Waals surface area (Å²) in [5.41, 5.74) is 4.05. The minimum atomic E-state index is -1.36. The van der Waals surface area contributed by atoms with Crippen LogP contribution in [0.2, 0.25) is 10.0 Å². The predicted molar refractivity (Wildman–Crippen MR) is 315 cm³/mol. The summed E-state index contributed by atoms with van der Waals surface area (Å²) in [4.78, 5) is 76.6. The van der Waals surface area contributed by atoms with Gasteiger partial charge in [0.05, 0.1) is 72.9 Å². The fourth-order valence-corrected chi connectivity index (χ4v) is 13.5. The Morgan fingerprint density at radius 3 is 2.29 bits per heavy atom. The predicted octanol–water partition coefficient (Wildman–Crippen LogP) is 7.68. The van der Waals surface area contributed by atoms with Crippen molar-refractivity contribution in [3.05, 3.63) is 134 Å². The zero-order chi connectivity index (χ0) is 59.1. The van der Waals surface area contributed by atoms with Crippen molar-refractivity contribution < 1.29 is 52.8 Å². The second-order valence-electron chi connectivity index (χ2n) is 22.8. The van der Waals surface area contributed by atoms with Crippen LogP contribution in [0, 0.1) is 18.2 Å². The third-order valence-corrected chi connectivity index (χ3v) is 17.8. The number of amides is 5. The van der Waals surface area contributed by atoms with Crippen molar-refractivity contribution in [2.75, 3.05) is 63.4 Å². The number of nitrogens with one attached hydrogen (secondary N) is 6. The number of anilines is 2. The number of ether oxygens (including phenoxy) is 3. The standard InChI is InChI=1S/C61H73Cl2FN8O10S/c1-36-52(83-35-67-36)38-13-11-37(12-14-38)33-66-55(76)47-32-42(73)34-72(47)57(78)53(59(2,3)4)70-48(74)21-25-80-27-29-82-30-28-81-26-24-65-54(75)39-15-18-41(19-16-39)68-56(77)51-49(43-9-8-10-45(63)50(43)64)61(60(71-51)22-6-5-7-23-60)44-20-17-40(62)31-46(44)69-58(61)79/h8-20,31,35,42,47,49,51,53-54,65,71,73,75H,5-7,21-30,32-34H2,1-4H3,(H,66,76)(H,68,77)(H,69,79)(H,70,74)/t42-,47+,49+,51-,53-,54?,61-/m1/s1. The number of β-amino-alcohol motifs (C(OH)–C–C–N with tert-alkyl or cyclic N) is 1. The minimum absolute atomic E-state index is 0.0137. The third kappa shape index (κ3) is 13.6. The van der Waals surface area contributed by atoms with Crippen molar-refractivity contribution in [1.29, 1.82) is 0 Å². The van der Waals surface area contributed by atoms with E-state index in [4.69, 9.17) is 37.4 Å². The van der Waals surface area contributed by atoms with E-state index in [1.807, 2.05) is 58.0 Å². The third-order valence-electron chi connectivity index (χ3n) is 16.3. The molecule has 1 aromatic heterocycles. The fraction of sp³-hybridized carbons (Fsp3) is 0.475. The zero-order valence-electron chi connectivity index (χ0n) is 47.0. The van der Waals surface area contributed by atoms with Gasteiger partial charge >= 0.3 is 0 Å². The van der Waals surface area contributed by atoms with E-state index in [9.17, 15) is 34.2 Å². The van der Waals surface area contributed by atoms with Crippen LogP contribution in [0.3, 0.4) is 0 Å². The van der Waals surface area contributed by atoms with Crippen LogP contribution in [0.15, 0.2) is 90.4 Å². The van der Waals surface area contributed by atoms with Crippen LogP contribution in [0.25, 0.3) is 10.4 Å². The molecule has 18 nitrogen and oxygen atoms in total. The van der Waals surface area contributed by atoms with Gasteiger partial charge in [-0.15, -0.1) is 11.3 Å². The fourth-order valence-electron chi connectivity index (χ4n) is 12.3. The van der Waals surface area contributed by atoms with Gasteiger partial charge in [-0.1, -0.05) is 118 Å². The number of hydrogen-bond donors (Lipinski definition) is 8. The summed E-state index contributed by atoms with van der Waals surface area (Å²) in [6.45, 7) is 9.36. The number of carbonyl (C=O) groups excluding carboxylic acids is 5. The van der Waals surface area contributed by atoms with E-state index in [1.165, 1.54) is 11.0 Å². The summed E-state index contributed by atoms with van der Waals surface area (Å²) in [7, 11) is 0. The molecule has 444 valence electrons. The molecule has 8 N–H and O–H groups in total. The van der Waals surface area contributed by atoms with E-state index >= 15 is 4.39 Å². The van der Waals surface area contributed by atoms with Gasteiger partial charge in [0.25, 0.3) is 0 Å². The van der Waals surface area contributed by atoms with Gasteiger partial charge in [0.15, 0.2) is 0 Å². The summed E-state index contributed by atoms with van der Waals surface area (Å²) in [5, 5.41) is 40.3. The molecule has 9 rings (SSSR count). The molecule has 83 heavy (non-hydrogen) atoms. The highest BCUT2D eigenvalue weighted by Crippen LogP contribution is 2.63. The monoisotopic (exact) mass is 1200 g/mol. The number of aryl methyl sites for hydroxylation is 1. The summed E-state index contributed by atoms with van der Waals surface area (Å²) < 4.78 is 33.2. The van der Waals surface area contributed by atoms with Crippen LogP contribution in [-0.4, -0.2) is 132 Å². The van der Waals surface area contributed by atoms with E-state index in [2.05, 4.69) is 36.9 Å². The number of hydrogen-bond acceptors (Lipinski definition) is 14. The van der Waals surface area contributed by atoms with Crippen molar-refractivity contribution in [3.63, 3.8) is 0 Å². The Morgan fingerprint density at radius 1 is 0.904 bits per heavy atom. The zero-order valence-corrected chi connectivity index (χ0v) is 49.4. The van der Waals surface area contributed by atoms with Crippen molar-refractivity contribution in [1.82, 2.24) is 31.2 Å². The number of rotatable bonds is 23. The number of aliphatic hydroxyl groups excluding tert-OH is 2. The number of aromatic nitrogens is 1. The number of thiazole rings is 1. The molecule has 3 aliphatic heterocycles. The smallest absolute Gasteiger partial charge is 0.246 e. The highest BCUT2D eigenvalue weighted by Gasteiger charge is 2.72. The first-order chi connectivity index (χ1) is 39.8. The highest BCUT2D eigenvalue weighted by atomic mass is 35.5. The van der Waals surface area contributed by atoms with Crippen LogP contribution >= 0.6 is 34.5 Å². The van der Waals surface area contributed by atoms with E-state index in [0.717, 1.165) is 41.0 Å². The summed E-state index contributed by atoms with van der Waals surface area (Å²) in [5.74, 6) is -3.68. The topological polar surface area (TPSA) is 242 Å². The average molecular weight is 1200 g/mol. The minimum Gasteiger partial charge on any atom is -0.391 e. The molecule has 22 heteroatoms. The number of carbonyl (C=O) groups is 5. The first-order valence-corrected chi connectivity index (χ1v) is 29.9. The Morgan fingerprint density at radius 2 is 1.60 bits per heavy atom. The van der Waals surface area contributed by atoms with Crippen LogP contribution in [0.5, 0.6) is 0 Å². The number of aliphatic hydroxyl groups is 2. The van der Waals surface area contributed by atoms with E-state index in [0.29, 0.717) is 46.9 Å². The van der Waals surface area contributed by atoms with Gasteiger partial charge in [0, 0.05) is 60.3 Å². The lowest BCUT2D eigenvalue weighted by Gasteiger charge is -2.47. The molecule has 1 aliphatic carbocycles. The maximum atomic E-state index is 16.3. The Bertz CT molecular complexity index is 3120. The Labute approximate surface area is 496 Å². The van der Waals surface area contributed by atoms with Crippen LogP contribution in [0.1, 0.15) is 106 Å². The molecule has 7 atom stereocenters. The van der Waals surface area contributed by atoms with Crippen molar-refractivity contribution in [2.24, 2.45) is 5.41 Å². The molecule has 1 saturated carbocycles. The van der Waals surface area contributed by atoms with Gasteiger partial charge in [-0.3, -0.25) is 34.6 Å². The summed E-state index contributed by atoms with van der Waals surface area (Å²) in [6, 6.07) is 21.5. The quantitative estimate of drug-likeness (QED) is 0.0232. The molecule has 0 bridgehead atoms. The van der Waals surface area contributed by atoms with Crippen LogP contribution in [-0.2, 0) is 50.1 Å². The van der Waals surface area contributed by atoms with E-state index in [1.54, 1.807) is 65.4 Å². The number of likely N-dealkylation sites (tertiary alicyclic amines) is 1. The maximum absolute atomic E-state index is 16.3. The molecular weight excluding hydrogens is 1130 g/mol. The first-order valence-electron chi connectivity index (χ1n) is 28.2. The lowest BCUT2D eigenvalue weighted by atomic mass is 9.55. The molecule has 4 aromatic carbocycles. The molecule has 5 amide bonds. The molecule has 2 saturated heterocycles. The van der Waals surface area contributed by atoms with Gasteiger partial charge in [-0.25, -0.2) is 9.37 Å². The highest BCUT2D eigenvalue weighted by molar-refractivity contribution is 7.13. The number of nitrogens with zero attached hydrogens (tertiary/aromatic N) is 2. The average Bonchev–Trinajstić information content (AvgIpc) is 1.62. The molecule has 4 heterocycles. The lowest BCUT2D eigenvalue weighted by Crippen LogP contribution is -2.60. The van der Waals surface area contributed by atoms with E-state index in [-0.39, 0.29) is 88.0 Å². The Hall–Kier alpha value is -5.91. The van der Waals surface area contributed by atoms with Gasteiger partial charge in [-0.2, -0.15) is 0 Å². The summed E-state index contributed by atoms with van der Waals surface area (Å²) in [6.07, 6.45) is 1.90. The SMILES string of the molecule is Cc1ncsc1-c1ccc(CNC(=O)[C@@H]2C[C@@H](O)CN2C(=O)[C@@H](NC(=O)CCOCCOCCOCCNC(O)c2ccc(NC(=O)[C@@H]3NC4(CCCCC4)[C@@]4(C(=O)Nc5cc(Cl)ccc54)[C@H]3c3cccc(Cl)c3F)cc2)C(C)(C)C)cc1. The van der Waals surface area contributed by atoms with E-state index < -0.39 is 76.3 Å². The van der Waals surface area contributed by atoms with Crippen LogP contribution < -0.4 is 31.9 Å². The normalized spacial score (nSPS) is 21.7. The largest absolute Gasteiger partial charge is 0.391 e.